The van der Waals surface area contributed by atoms with Crippen LogP contribution in [0.1, 0.15) is 28.7 Å². The molecule has 0 fully saturated rings. The summed E-state index contributed by atoms with van der Waals surface area (Å²) < 4.78 is 12.1. The van der Waals surface area contributed by atoms with Crippen molar-refractivity contribution in [2.75, 3.05) is 12.8 Å². The summed E-state index contributed by atoms with van der Waals surface area (Å²) in [5.74, 6) is 0.0793. The molecule has 0 bridgehead atoms. The molecule has 0 aliphatic rings. The molecule has 0 atom stereocenters. The third kappa shape index (κ3) is 3.34. The number of carbonyl (C=O) groups excluding carboxylic acids is 1. The van der Waals surface area contributed by atoms with Crippen molar-refractivity contribution in [3.05, 3.63) is 41.2 Å². The van der Waals surface area contributed by atoms with Crippen LogP contribution < -0.4 is 10.5 Å². The number of nitrogens with two attached hydrogens (primary N) is 1. The van der Waals surface area contributed by atoms with E-state index in [-0.39, 0.29) is 6.61 Å². The van der Waals surface area contributed by atoms with Gasteiger partial charge in [-0.05, 0) is 30.7 Å². The first kappa shape index (κ1) is 14.9. The molecule has 0 radical (unpaired) electrons. The number of methoxy groups -OCH3 is 1. The molecule has 1 aromatic carbocycles. The molecule has 2 rings (SSSR count). The van der Waals surface area contributed by atoms with Crippen LogP contribution in [-0.2, 0) is 24.8 Å². The van der Waals surface area contributed by atoms with Crippen LogP contribution in [0.3, 0.4) is 0 Å². The zero-order valence-electron chi connectivity index (χ0n) is 12.4. The standard InChI is InChI=1S/C15H19N3O3/c1-4-10-7-11(18(2)17-10)9-21-15(19)13-8-12(20-3)5-6-14(13)16/h5-8H,4,9,16H2,1-3H3. The van der Waals surface area contributed by atoms with Gasteiger partial charge in [-0.15, -0.1) is 0 Å². The van der Waals surface area contributed by atoms with Crippen molar-refractivity contribution >= 4 is 11.7 Å². The molecule has 2 aromatic rings. The summed E-state index contributed by atoms with van der Waals surface area (Å²) in [5, 5.41) is 4.31. The van der Waals surface area contributed by atoms with E-state index in [0.29, 0.717) is 17.0 Å². The van der Waals surface area contributed by atoms with Crippen molar-refractivity contribution < 1.29 is 14.3 Å². The Labute approximate surface area is 123 Å². The van der Waals surface area contributed by atoms with Crippen LogP contribution in [0, 0.1) is 0 Å². The monoisotopic (exact) mass is 289 g/mol. The largest absolute Gasteiger partial charge is 0.497 e. The first-order valence-corrected chi connectivity index (χ1v) is 6.67. The predicted molar refractivity (Wildman–Crippen MR) is 79.1 cm³/mol. The van der Waals surface area contributed by atoms with Gasteiger partial charge in [-0.2, -0.15) is 5.10 Å². The molecule has 6 nitrogen and oxygen atoms in total. The minimum absolute atomic E-state index is 0.152. The molecule has 0 saturated carbocycles. The van der Waals surface area contributed by atoms with E-state index in [1.54, 1.807) is 22.9 Å². The van der Waals surface area contributed by atoms with Gasteiger partial charge >= 0.3 is 5.97 Å². The van der Waals surface area contributed by atoms with Gasteiger partial charge in [0.1, 0.15) is 12.4 Å². The van der Waals surface area contributed by atoms with Gasteiger partial charge in [-0.3, -0.25) is 4.68 Å². The molecule has 6 heteroatoms. The molecule has 0 saturated heterocycles. The molecule has 0 aliphatic heterocycles. The Hall–Kier alpha value is -2.50. The maximum atomic E-state index is 12.1. The fourth-order valence-corrected chi connectivity index (χ4v) is 1.94. The highest BCUT2D eigenvalue weighted by molar-refractivity contribution is 5.95. The van der Waals surface area contributed by atoms with Gasteiger partial charge < -0.3 is 15.2 Å². The number of aryl methyl sites for hydroxylation is 2. The van der Waals surface area contributed by atoms with E-state index in [2.05, 4.69) is 5.10 Å². The van der Waals surface area contributed by atoms with E-state index in [9.17, 15) is 4.79 Å². The van der Waals surface area contributed by atoms with E-state index in [1.807, 2.05) is 20.0 Å². The highest BCUT2D eigenvalue weighted by Gasteiger charge is 2.14. The van der Waals surface area contributed by atoms with Gasteiger partial charge in [0, 0.05) is 12.7 Å². The zero-order valence-corrected chi connectivity index (χ0v) is 12.4. The predicted octanol–water partition coefficient (Wildman–Crippen LogP) is 1.93. The van der Waals surface area contributed by atoms with Crippen molar-refractivity contribution in [3.63, 3.8) is 0 Å². The molecular weight excluding hydrogens is 270 g/mol. The molecule has 0 unspecified atom stereocenters. The Morgan fingerprint density at radius 1 is 1.38 bits per heavy atom. The summed E-state index contributed by atoms with van der Waals surface area (Å²) in [5.41, 5.74) is 8.25. The number of esters is 1. The van der Waals surface area contributed by atoms with Crippen LogP contribution in [0.5, 0.6) is 5.75 Å². The number of nitrogen functional groups attached to an aromatic ring is 1. The highest BCUT2D eigenvalue weighted by Crippen LogP contribution is 2.20. The van der Waals surface area contributed by atoms with Gasteiger partial charge in [-0.1, -0.05) is 6.92 Å². The Balaban J connectivity index is 2.09. The Kier molecular flexibility index (Phi) is 4.47. The van der Waals surface area contributed by atoms with Crippen LogP contribution >= 0.6 is 0 Å². The van der Waals surface area contributed by atoms with Crippen LogP contribution in [0.2, 0.25) is 0 Å². The smallest absolute Gasteiger partial charge is 0.340 e. The van der Waals surface area contributed by atoms with E-state index in [0.717, 1.165) is 17.8 Å². The number of aromatic nitrogens is 2. The van der Waals surface area contributed by atoms with Crippen molar-refractivity contribution in [1.82, 2.24) is 9.78 Å². The lowest BCUT2D eigenvalue weighted by Crippen LogP contribution is -2.10. The number of rotatable bonds is 5. The number of anilines is 1. The van der Waals surface area contributed by atoms with E-state index in [4.69, 9.17) is 15.2 Å². The fraction of sp³-hybridized carbons (Fsp3) is 0.333. The van der Waals surface area contributed by atoms with E-state index in [1.165, 1.54) is 7.11 Å². The Bertz CT molecular complexity index is 650. The lowest BCUT2D eigenvalue weighted by Gasteiger charge is -2.08. The zero-order chi connectivity index (χ0) is 15.4. The quantitative estimate of drug-likeness (QED) is 0.672. The lowest BCUT2D eigenvalue weighted by molar-refractivity contribution is 0.0464. The van der Waals surface area contributed by atoms with Crippen molar-refractivity contribution in [3.8, 4) is 5.75 Å². The lowest BCUT2D eigenvalue weighted by atomic mass is 10.2. The Morgan fingerprint density at radius 2 is 2.14 bits per heavy atom. The summed E-state index contributed by atoms with van der Waals surface area (Å²) in [6.07, 6.45) is 0.838. The summed E-state index contributed by atoms with van der Waals surface area (Å²) in [4.78, 5) is 12.1. The van der Waals surface area contributed by atoms with Crippen molar-refractivity contribution in [2.24, 2.45) is 7.05 Å². The average molecular weight is 289 g/mol. The van der Waals surface area contributed by atoms with Crippen LogP contribution in [0.25, 0.3) is 0 Å². The van der Waals surface area contributed by atoms with Crippen molar-refractivity contribution in [2.45, 2.75) is 20.0 Å². The number of nitrogens with zero attached hydrogens (tertiary/aromatic N) is 2. The molecule has 112 valence electrons. The third-order valence-corrected chi connectivity index (χ3v) is 3.22. The summed E-state index contributed by atoms with van der Waals surface area (Å²) in [6.45, 7) is 2.17. The van der Waals surface area contributed by atoms with Gasteiger partial charge in [0.2, 0.25) is 0 Å². The third-order valence-electron chi connectivity index (χ3n) is 3.22. The number of hydrogen-bond donors (Lipinski definition) is 1. The van der Waals surface area contributed by atoms with Crippen LogP contribution in [-0.4, -0.2) is 22.9 Å². The fourth-order valence-electron chi connectivity index (χ4n) is 1.94. The van der Waals surface area contributed by atoms with E-state index >= 15 is 0 Å². The maximum absolute atomic E-state index is 12.1. The van der Waals surface area contributed by atoms with E-state index < -0.39 is 5.97 Å². The molecule has 0 aliphatic carbocycles. The summed E-state index contributed by atoms with van der Waals surface area (Å²) >= 11 is 0. The minimum Gasteiger partial charge on any atom is -0.497 e. The van der Waals surface area contributed by atoms with Gasteiger partial charge in [0.25, 0.3) is 0 Å². The van der Waals surface area contributed by atoms with Crippen LogP contribution in [0.4, 0.5) is 5.69 Å². The van der Waals surface area contributed by atoms with Crippen LogP contribution in [0.15, 0.2) is 24.3 Å². The molecule has 0 amide bonds. The minimum atomic E-state index is -0.481. The molecule has 1 aromatic heterocycles. The molecule has 0 spiro atoms. The summed E-state index contributed by atoms with van der Waals surface area (Å²) in [6, 6.07) is 6.80. The number of benzene rings is 1. The highest BCUT2D eigenvalue weighted by atomic mass is 16.5. The number of hydrogen-bond acceptors (Lipinski definition) is 5. The van der Waals surface area contributed by atoms with Gasteiger partial charge in [-0.25, -0.2) is 4.79 Å². The Morgan fingerprint density at radius 3 is 2.76 bits per heavy atom. The second-order valence-electron chi connectivity index (χ2n) is 4.63. The average Bonchev–Trinajstić information content (AvgIpc) is 2.85. The first-order chi connectivity index (χ1) is 10.0. The van der Waals surface area contributed by atoms with Gasteiger partial charge in [0.05, 0.1) is 24.1 Å². The van der Waals surface area contributed by atoms with Crippen molar-refractivity contribution in [1.29, 1.82) is 0 Å². The SMILES string of the molecule is CCc1cc(COC(=O)c2cc(OC)ccc2N)n(C)n1. The number of carbonyl (C=O) groups is 1. The normalized spacial score (nSPS) is 10.4. The number of ether oxygens (including phenoxy) is 2. The van der Waals surface area contributed by atoms with Gasteiger partial charge in [0.15, 0.2) is 0 Å². The molecular formula is C15H19N3O3. The maximum Gasteiger partial charge on any atom is 0.340 e. The summed E-state index contributed by atoms with van der Waals surface area (Å²) in [7, 11) is 3.35. The second kappa shape index (κ2) is 6.30. The molecule has 1 heterocycles. The topological polar surface area (TPSA) is 79.4 Å². The second-order valence-corrected chi connectivity index (χ2v) is 4.63. The molecule has 21 heavy (non-hydrogen) atoms. The molecule has 2 N–H and O–H groups in total. The first-order valence-electron chi connectivity index (χ1n) is 6.67.